The van der Waals surface area contributed by atoms with Gasteiger partial charge in [0.2, 0.25) is 10.0 Å². The van der Waals surface area contributed by atoms with Crippen LogP contribution in [0.25, 0.3) is 10.9 Å². The summed E-state index contributed by atoms with van der Waals surface area (Å²) >= 11 is 0. The second kappa shape index (κ2) is 6.36. The monoisotopic (exact) mass is 355 g/mol. The van der Waals surface area contributed by atoms with Gasteiger partial charge >= 0.3 is 0 Å². The summed E-state index contributed by atoms with van der Waals surface area (Å²) in [7, 11) is -3.56. The maximum absolute atomic E-state index is 13.1. The van der Waals surface area contributed by atoms with E-state index in [1.54, 1.807) is 10.5 Å². The minimum atomic E-state index is -3.56. The molecule has 1 aliphatic heterocycles. The molecule has 1 saturated heterocycles. The number of aromatic nitrogens is 1. The molecule has 23 heavy (non-hydrogen) atoms. The summed E-state index contributed by atoms with van der Waals surface area (Å²) in [6.07, 6.45) is 2.43. The number of aryl methyl sites for hydroxylation is 1. The molecule has 3 rings (SSSR count). The van der Waals surface area contributed by atoms with E-state index >= 15 is 0 Å². The lowest BCUT2D eigenvalue weighted by atomic mass is 9.90. The third-order valence-electron chi connectivity index (χ3n) is 4.54. The van der Waals surface area contributed by atoms with Gasteiger partial charge < -0.3 is 5.73 Å². The maximum atomic E-state index is 13.1. The molecular formula is C16H22ClN3O2S. The Morgan fingerprint density at radius 2 is 2.09 bits per heavy atom. The SMILES string of the molecule is Cc1ccc2cccnc2c1S(=O)(=O)N1CCC(C)(CN)C1.Cl. The van der Waals surface area contributed by atoms with Crippen molar-refractivity contribution in [2.45, 2.75) is 25.2 Å². The number of sulfonamides is 1. The minimum Gasteiger partial charge on any atom is -0.330 e. The van der Waals surface area contributed by atoms with Gasteiger partial charge in [0.25, 0.3) is 0 Å². The maximum Gasteiger partial charge on any atom is 0.245 e. The molecule has 0 bridgehead atoms. The van der Waals surface area contributed by atoms with Crippen LogP contribution in [-0.2, 0) is 10.0 Å². The Balaban J connectivity index is 0.00000192. The second-order valence-corrected chi connectivity index (χ2v) is 8.26. The molecule has 7 heteroatoms. The van der Waals surface area contributed by atoms with Crippen LogP contribution in [0.2, 0.25) is 0 Å². The number of hydrogen-bond acceptors (Lipinski definition) is 4. The first-order chi connectivity index (χ1) is 10.4. The second-order valence-electron chi connectivity index (χ2n) is 6.39. The first kappa shape index (κ1) is 18.1. The summed E-state index contributed by atoms with van der Waals surface area (Å²) in [5.41, 5.74) is 6.93. The van der Waals surface area contributed by atoms with Crippen molar-refractivity contribution < 1.29 is 8.42 Å². The number of benzene rings is 1. The van der Waals surface area contributed by atoms with E-state index in [-0.39, 0.29) is 17.8 Å². The van der Waals surface area contributed by atoms with E-state index in [4.69, 9.17) is 5.73 Å². The van der Waals surface area contributed by atoms with E-state index in [1.165, 1.54) is 0 Å². The van der Waals surface area contributed by atoms with Crippen molar-refractivity contribution in [3.05, 3.63) is 36.0 Å². The molecular weight excluding hydrogens is 334 g/mol. The Morgan fingerprint density at radius 1 is 1.35 bits per heavy atom. The lowest BCUT2D eigenvalue weighted by Crippen LogP contribution is -2.34. The van der Waals surface area contributed by atoms with Gasteiger partial charge in [-0.15, -0.1) is 12.4 Å². The zero-order chi connectivity index (χ0) is 16.0. The van der Waals surface area contributed by atoms with Gasteiger partial charge in [-0.1, -0.05) is 25.1 Å². The van der Waals surface area contributed by atoms with Gasteiger partial charge in [-0.3, -0.25) is 4.98 Å². The topological polar surface area (TPSA) is 76.3 Å². The van der Waals surface area contributed by atoms with Crippen LogP contribution in [-0.4, -0.2) is 37.3 Å². The number of nitrogens with two attached hydrogens (primary N) is 1. The number of fused-ring (bicyclic) bond motifs is 1. The van der Waals surface area contributed by atoms with Gasteiger partial charge in [0.1, 0.15) is 4.90 Å². The van der Waals surface area contributed by atoms with Crippen LogP contribution < -0.4 is 5.73 Å². The predicted molar refractivity (Wildman–Crippen MR) is 94.3 cm³/mol. The summed E-state index contributed by atoms with van der Waals surface area (Å²) in [6, 6.07) is 7.45. The van der Waals surface area contributed by atoms with Gasteiger partial charge in [-0.05, 0) is 36.9 Å². The highest BCUT2D eigenvalue weighted by atomic mass is 35.5. The normalized spacial score (nSPS) is 22.2. The Hall–Kier alpha value is -1.21. The van der Waals surface area contributed by atoms with E-state index in [1.807, 2.05) is 38.1 Å². The smallest absolute Gasteiger partial charge is 0.245 e. The van der Waals surface area contributed by atoms with Crippen molar-refractivity contribution in [1.82, 2.24) is 9.29 Å². The highest BCUT2D eigenvalue weighted by Gasteiger charge is 2.40. The third kappa shape index (κ3) is 3.08. The summed E-state index contributed by atoms with van der Waals surface area (Å²) in [5, 5.41) is 0.840. The molecule has 0 spiro atoms. The fourth-order valence-electron chi connectivity index (χ4n) is 3.02. The minimum absolute atomic E-state index is 0. The van der Waals surface area contributed by atoms with Gasteiger partial charge in [0, 0.05) is 24.7 Å². The average molecular weight is 356 g/mol. The zero-order valence-corrected chi connectivity index (χ0v) is 15.0. The number of nitrogens with zero attached hydrogens (tertiary/aromatic N) is 2. The quantitative estimate of drug-likeness (QED) is 0.916. The Labute approximate surface area is 143 Å². The van der Waals surface area contributed by atoms with Gasteiger partial charge in [0.15, 0.2) is 0 Å². The van der Waals surface area contributed by atoms with Crippen molar-refractivity contribution in [3.8, 4) is 0 Å². The molecule has 5 nitrogen and oxygen atoms in total. The molecule has 1 aromatic heterocycles. The van der Waals surface area contributed by atoms with Gasteiger partial charge in [-0.25, -0.2) is 8.42 Å². The highest BCUT2D eigenvalue weighted by Crippen LogP contribution is 2.35. The van der Waals surface area contributed by atoms with Crippen molar-refractivity contribution in [3.63, 3.8) is 0 Å². The van der Waals surface area contributed by atoms with Crippen molar-refractivity contribution >= 4 is 33.3 Å². The lowest BCUT2D eigenvalue weighted by molar-refractivity contribution is 0.350. The molecule has 0 saturated carbocycles. The highest BCUT2D eigenvalue weighted by molar-refractivity contribution is 7.89. The van der Waals surface area contributed by atoms with Gasteiger partial charge in [-0.2, -0.15) is 4.31 Å². The molecule has 2 aromatic rings. The standard InChI is InChI=1S/C16H21N3O2S.ClH/c1-12-5-6-13-4-3-8-18-14(13)15(12)22(20,21)19-9-7-16(2,10-17)11-19;/h3-6,8H,7,9-11,17H2,1-2H3;1H. The summed E-state index contributed by atoms with van der Waals surface area (Å²) in [4.78, 5) is 4.63. The number of halogens is 1. The average Bonchev–Trinajstić information content (AvgIpc) is 2.91. The fraction of sp³-hybridized carbons (Fsp3) is 0.438. The largest absolute Gasteiger partial charge is 0.330 e. The van der Waals surface area contributed by atoms with E-state index < -0.39 is 10.0 Å². The first-order valence-corrected chi connectivity index (χ1v) is 8.86. The summed E-state index contributed by atoms with van der Waals surface area (Å²) in [6.45, 7) is 5.33. The molecule has 1 atom stereocenters. The Bertz CT molecular complexity index is 825. The summed E-state index contributed by atoms with van der Waals surface area (Å²) in [5.74, 6) is 0. The van der Waals surface area contributed by atoms with Crippen LogP contribution >= 0.6 is 12.4 Å². The molecule has 2 N–H and O–H groups in total. The van der Waals surface area contributed by atoms with Crippen LogP contribution in [0.5, 0.6) is 0 Å². The van der Waals surface area contributed by atoms with Crippen LogP contribution in [0.15, 0.2) is 35.4 Å². The van der Waals surface area contributed by atoms with Crippen LogP contribution in [0.3, 0.4) is 0 Å². The number of rotatable bonds is 3. The summed E-state index contributed by atoms with van der Waals surface area (Å²) < 4.78 is 27.8. The molecule has 1 fully saturated rings. The molecule has 1 aliphatic rings. The van der Waals surface area contributed by atoms with Crippen LogP contribution in [0.4, 0.5) is 0 Å². The van der Waals surface area contributed by atoms with Crippen molar-refractivity contribution in [2.75, 3.05) is 19.6 Å². The molecule has 2 heterocycles. The van der Waals surface area contributed by atoms with Gasteiger partial charge in [0.05, 0.1) is 5.52 Å². The number of pyridine rings is 1. The molecule has 0 amide bonds. The number of hydrogen-bond donors (Lipinski definition) is 1. The van der Waals surface area contributed by atoms with Crippen molar-refractivity contribution in [1.29, 1.82) is 0 Å². The third-order valence-corrected chi connectivity index (χ3v) is 6.56. The van der Waals surface area contributed by atoms with E-state index in [2.05, 4.69) is 4.98 Å². The van der Waals surface area contributed by atoms with Crippen LogP contribution in [0.1, 0.15) is 18.9 Å². The van der Waals surface area contributed by atoms with E-state index in [0.29, 0.717) is 30.0 Å². The predicted octanol–water partition coefficient (Wildman–Crippen LogP) is 2.32. The van der Waals surface area contributed by atoms with Crippen molar-refractivity contribution in [2.24, 2.45) is 11.1 Å². The Morgan fingerprint density at radius 3 is 2.74 bits per heavy atom. The first-order valence-electron chi connectivity index (χ1n) is 7.42. The molecule has 1 aromatic carbocycles. The molecule has 126 valence electrons. The molecule has 0 radical (unpaired) electrons. The molecule has 0 aliphatic carbocycles. The molecule has 1 unspecified atom stereocenters. The lowest BCUT2D eigenvalue weighted by Gasteiger charge is -2.23. The van der Waals surface area contributed by atoms with E-state index in [0.717, 1.165) is 17.4 Å². The fourth-order valence-corrected chi connectivity index (χ4v) is 4.99. The zero-order valence-electron chi connectivity index (χ0n) is 13.3. The van der Waals surface area contributed by atoms with E-state index in [9.17, 15) is 8.42 Å². The Kier molecular flexibility index (Phi) is 5.01. The van der Waals surface area contributed by atoms with Crippen LogP contribution in [0, 0.1) is 12.3 Å².